The highest BCUT2D eigenvalue weighted by Gasteiger charge is 2.36. The van der Waals surface area contributed by atoms with E-state index in [9.17, 15) is 13.2 Å². The zero-order chi connectivity index (χ0) is 21.5. The molecule has 0 aliphatic heterocycles. The van der Waals surface area contributed by atoms with E-state index < -0.39 is 12.2 Å². The lowest BCUT2D eigenvalue weighted by atomic mass is 10.1. The van der Waals surface area contributed by atoms with Crippen LogP contribution in [0.2, 0.25) is 5.02 Å². The van der Waals surface area contributed by atoms with Gasteiger partial charge < -0.3 is 9.88 Å². The van der Waals surface area contributed by atoms with Crippen molar-refractivity contribution in [2.45, 2.75) is 19.1 Å². The average Bonchev–Trinajstić information content (AvgIpc) is 3.03. The molecule has 2 heterocycles. The Labute approximate surface area is 176 Å². The molecule has 8 heteroatoms. The Kier molecular flexibility index (Phi) is 5.15. The summed E-state index contributed by atoms with van der Waals surface area (Å²) in [5.74, 6) is 0.165. The van der Waals surface area contributed by atoms with E-state index in [0.717, 1.165) is 34.8 Å². The summed E-state index contributed by atoms with van der Waals surface area (Å²) in [4.78, 5) is 8.87. The number of anilines is 1. The van der Waals surface area contributed by atoms with E-state index in [1.54, 1.807) is 17.8 Å². The highest BCUT2D eigenvalue weighted by molar-refractivity contribution is 6.30. The van der Waals surface area contributed by atoms with Crippen LogP contribution in [-0.2, 0) is 7.05 Å². The fraction of sp³-hybridized carbons (Fsp3) is 0.182. The first-order valence-corrected chi connectivity index (χ1v) is 9.62. The molecule has 4 rings (SSSR count). The van der Waals surface area contributed by atoms with E-state index in [1.807, 2.05) is 54.6 Å². The Morgan fingerprint density at radius 3 is 2.27 bits per heavy atom. The van der Waals surface area contributed by atoms with E-state index in [1.165, 1.54) is 0 Å². The standard InChI is InChI=1S/C22H18ClF3N4/c1-13(22(24,25)26)28-21-29-19-11-15(6-10-20(19)30(21)2)18-9-5-16(12-27-18)14-3-7-17(23)8-4-14/h3-13H,1-2H3,(H,28,29). The normalized spacial score (nSPS) is 12.9. The number of halogens is 4. The second kappa shape index (κ2) is 7.65. The largest absolute Gasteiger partial charge is 0.408 e. The lowest BCUT2D eigenvalue weighted by Crippen LogP contribution is -2.34. The van der Waals surface area contributed by atoms with Crippen molar-refractivity contribution in [3.8, 4) is 22.4 Å². The third kappa shape index (κ3) is 3.98. The maximum absolute atomic E-state index is 12.9. The zero-order valence-electron chi connectivity index (χ0n) is 16.2. The van der Waals surface area contributed by atoms with Crippen molar-refractivity contribution >= 4 is 28.6 Å². The predicted molar refractivity (Wildman–Crippen MR) is 114 cm³/mol. The summed E-state index contributed by atoms with van der Waals surface area (Å²) >= 11 is 5.93. The molecule has 0 aliphatic rings. The van der Waals surface area contributed by atoms with Crippen molar-refractivity contribution in [2.24, 2.45) is 7.05 Å². The summed E-state index contributed by atoms with van der Waals surface area (Å²) in [6, 6.07) is 15.2. The van der Waals surface area contributed by atoms with Gasteiger partial charge in [-0.15, -0.1) is 0 Å². The quantitative estimate of drug-likeness (QED) is 0.412. The van der Waals surface area contributed by atoms with Crippen LogP contribution in [0.1, 0.15) is 6.92 Å². The number of rotatable bonds is 4. The van der Waals surface area contributed by atoms with Gasteiger partial charge in [-0.3, -0.25) is 4.98 Å². The molecule has 0 saturated carbocycles. The highest BCUT2D eigenvalue weighted by atomic mass is 35.5. The van der Waals surface area contributed by atoms with Crippen molar-refractivity contribution < 1.29 is 13.2 Å². The van der Waals surface area contributed by atoms with Gasteiger partial charge in [0.15, 0.2) is 0 Å². The maximum Gasteiger partial charge on any atom is 0.408 e. The van der Waals surface area contributed by atoms with Crippen molar-refractivity contribution in [1.29, 1.82) is 0 Å². The van der Waals surface area contributed by atoms with Crippen molar-refractivity contribution in [3.05, 3.63) is 65.8 Å². The van der Waals surface area contributed by atoms with Crippen LogP contribution in [-0.4, -0.2) is 26.8 Å². The van der Waals surface area contributed by atoms with Crippen LogP contribution < -0.4 is 5.32 Å². The van der Waals surface area contributed by atoms with E-state index in [-0.39, 0.29) is 5.95 Å². The number of benzene rings is 2. The van der Waals surface area contributed by atoms with Crippen molar-refractivity contribution in [1.82, 2.24) is 14.5 Å². The van der Waals surface area contributed by atoms with Gasteiger partial charge in [-0.1, -0.05) is 35.9 Å². The van der Waals surface area contributed by atoms with Gasteiger partial charge in [0.2, 0.25) is 5.95 Å². The monoisotopic (exact) mass is 430 g/mol. The van der Waals surface area contributed by atoms with Gasteiger partial charge in [0.1, 0.15) is 6.04 Å². The predicted octanol–water partition coefficient (Wildman–Crippen LogP) is 6.32. The van der Waals surface area contributed by atoms with E-state index in [2.05, 4.69) is 15.3 Å². The SMILES string of the molecule is CC(Nc1nc2cc(-c3ccc(-c4ccc(Cl)cc4)cn3)ccc2n1C)C(F)(F)F. The van der Waals surface area contributed by atoms with Gasteiger partial charge in [-0.05, 0) is 42.8 Å². The maximum atomic E-state index is 12.9. The zero-order valence-corrected chi connectivity index (χ0v) is 17.0. The third-order valence-corrected chi connectivity index (χ3v) is 5.21. The number of hydrogen-bond donors (Lipinski definition) is 1. The molecule has 0 radical (unpaired) electrons. The molecule has 0 amide bonds. The molecule has 0 spiro atoms. The van der Waals surface area contributed by atoms with Crippen LogP contribution in [0.15, 0.2) is 60.8 Å². The number of nitrogens with zero attached hydrogens (tertiary/aromatic N) is 3. The Bertz CT molecular complexity index is 1180. The number of aryl methyl sites for hydroxylation is 1. The Morgan fingerprint density at radius 1 is 0.967 bits per heavy atom. The van der Waals surface area contributed by atoms with Crippen molar-refractivity contribution in [3.63, 3.8) is 0 Å². The first-order valence-electron chi connectivity index (χ1n) is 9.24. The fourth-order valence-corrected chi connectivity index (χ4v) is 3.27. The van der Waals surface area contributed by atoms with Gasteiger partial charge in [0, 0.05) is 29.4 Å². The molecule has 0 bridgehead atoms. The minimum Gasteiger partial charge on any atom is -0.344 e. The number of pyridine rings is 1. The Balaban J connectivity index is 1.62. The third-order valence-electron chi connectivity index (χ3n) is 4.95. The summed E-state index contributed by atoms with van der Waals surface area (Å²) in [7, 11) is 1.68. The smallest absolute Gasteiger partial charge is 0.344 e. The Morgan fingerprint density at radius 2 is 1.63 bits per heavy atom. The lowest BCUT2D eigenvalue weighted by molar-refractivity contribution is -0.138. The van der Waals surface area contributed by atoms with Crippen LogP contribution in [0.25, 0.3) is 33.4 Å². The number of imidazole rings is 1. The summed E-state index contributed by atoms with van der Waals surface area (Å²) in [6.45, 7) is 1.07. The minimum absolute atomic E-state index is 0.165. The van der Waals surface area contributed by atoms with Gasteiger partial charge in [0.25, 0.3) is 0 Å². The number of nitrogens with one attached hydrogen (secondary N) is 1. The highest BCUT2D eigenvalue weighted by Crippen LogP contribution is 2.29. The molecule has 1 atom stereocenters. The fourth-order valence-electron chi connectivity index (χ4n) is 3.14. The molecule has 154 valence electrons. The number of fused-ring (bicyclic) bond motifs is 1. The van der Waals surface area contributed by atoms with Gasteiger partial charge in [0.05, 0.1) is 16.7 Å². The molecule has 4 nitrogen and oxygen atoms in total. The topological polar surface area (TPSA) is 42.7 Å². The van der Waals surface area contributed by atoms with Crippen LogP contribution >= 0.6 is 11.6 Å². The van der Waals surface area contributed by atoms with Crippen LogP contribution in [0.5, 0.6) is 0 Å². The molecule has 2 aromatic heterocycles. The molecule has 2 aromatic carbocycles. The molecular weight excluding hydrogens is 413 g/mol. The molecule has 30 heavy (non-hydrogen) atoms. The molecule has 0 saturated heterocycles. The summed E-state index contributed by atoms with van der Waals surface area (Å²) < 4.78 is 40.2. The molecule has 0 aliphatic carbocycles. The van der Waals surface area contributed by atoms with E-state index in [0.29, 0.717) is 10.5 Å². The molecule has 1 N–H and O–H groups in total. The lowest BCUT2D eigenvalue weighted by Gasteiger charge is -2.17. The number of alkyl halides is 3. The molecule has 1 unspecified atom stereocenters. The van der Waals surface area contributed by atoms with Gasteiger partial charge in [-0.25, -0.2) is 4.98 Å². The summed E-state index contributed by atoms with van der Waals surface area (Å²) in [6.07, 6.45) is -2.57. The van der Waals surface area contributed by atoms with Crippen LogP contribution in [0.3, 0.4) is 0 Å². The first-order chi connectivity index (χ1) is 14.2. The minimum atomic E-state index is -4.35. The van der Waals surface area contributed by atoms with E-state index in [4.69, 9.17) is 11.6 Å². The van der Waals surface area contributed by atoms with Crippen LogP contribution in [0, 0.1) is 0 Å². The van der Waals surface area contributed by atoms with Crippen LogP contribution in [0.4, 0.5) is 19.1 Å². The first kappa shape index (κ1) is 20.2. The average molecular weight is 431 g/mol. The van der Waals surface area contributed by atoms with Crippen molar-refractivity contribution in [2.75, 3.05) is 5.32 Å². The van der Waals surface area contributed by atoms with Gasteiger partial charge in [-0.2, -0.15) is 13.2 Å². The number of aromatic nitrogens is 3. The number of hydrogen-bond acceptors (Lipinski definition) is 3. The summed E-state index contributed by atoms with van der Waals surface area (Å²) in [5.41, 5.74) is 4.87. The van der Waals surface area contributed by atoms with Gasteiger partial charge >= 0.3 is 6.18 Å². The molecular formula is C22H18ClF3N4. The summed E-state index contributed by atoms with van der Waals surface area (Å²) in [5, 5.41) is 3.10. The molecule has 4 aromatic rings. The Hall–Kier alpha value is -3.06. The second-order valence-electron chi connectivity index (χ2n) is 7.04. The molecule has 0 fully saturated rings. The second-order valence-corrected chi connectivity index (χ2v) is 7.48. The van der Waals surface area contributed by atoms with E-state index >= 15 is 0 Å².